The van der Waals surface area contributed by atoms with Crippen LogP contribution in [0.5, 0.6) is 0 Å². The van der Waals surface area contributed by atoms with Crippen molar-refractivity contribution in [3.8, 4) is 0 Å². The summed E-state index contributed by atoms with van der Waals surface area (Å²) in [4.78, 5) is 12.2. The molecule has 0 aliphatic heterocycles. The first-order valence-corrected chi connectivity index (χ1v) is 9.14. The number of nitrogens with zero attached hydrogens (tertiary/aromatic N) is 3. The predicted molar refractivity (Wildman–Crippen MR) is 87.8 cm³/mol. The highest BCUT2D eigenvalue weighted by atomic mass is 32.2. The van der Waals surface area contributed by atoms with Gasteiger partial charge in [0.1, 0.15) is 6.33 Å². The molecule has 0 bridgehead atoms. The van der Waals surface area contributed by atoms with Gasteiger partial charge in [-0.3, -0.25) is 4.79 Å². The van der Waals surface area contributed by atoms with Crippen LogP contribution >= 0.6 is 11.8 Å². The van der Waals surface area contributed by atoms with Crippen molar-refractivity contribution in [2.45, 2.75) is 68.3 Å². The lowest BCUT2D eigenvalue weighted by molar-refractivity contribution is -0.120. The third-order valence-electron chi connectivity index (χ3n) is 4.26. The van der Waals surface area contributed by atoms with E-state index >= 15 is 0 Å². The van der Waals surface area contributed by atoms with E-state index in [4.69, 9.17) is 0 Å². The van der Waals surface area contributed by atoms with E-state index in [0.29, 0.717) is 6.04 Å². The Morgan fingerprint density at radius 2 is 2.36 bits per heavy atom. The van der Waals surface area contributed by atoms with Crippen molar-refractivity contribution in [2.75, 3.05) is 6.54 Å². The van der Waals surface area contributed by atoms with Crippen LogP contribution in [0.4, 0.5) is 0 Å². The number of amides is 1. The Hall–Kier alpha value is -1.30. The zero-order valence-corrected chi connectivity index (χ0v) is 13.9. The third kappa shape index (κ3) is 4.12. The molecule has 22 heavy (non-hydrogen) atoms. The monoisotopic (exact) mass is 320 g/mol. The number of hydrogen-bond acceptors (Lipinski definition) is 4. The van der Waals surface area contributed by atoms with Crippen molar-refractivity contribution >= 4 is 17.7 Å². The van der Waals surface area contributed by atoms with Crippen LogP contribution in [-0.4, -0.2) is 32.5 Å². The van der Waals surface area contributed by atoms with Crippen molar-refractivity contribution in [1.29, 1.82) is 0 Å². The minimum atomic E-state index is -0.137. The Morgan fingerprint density at radius 1 is 1.50 bits per heavy atom. The third-order valence-corrected chi connectivity index (χ3v) is 5.33. The molecule has 0 radical (unpaired) electrons. The van der Waals surface area contributed by atoms with E-state index in [-0.39, 0.29) is 11.2 Å². The second kappa shape index (κ2) is 7.31. The average Bonchev–Trinajstić information content (AvgIpc) is 3.28. The van der Waals surface area contributed by atoms with Crippen molar-refractivity contribution < 1.29 is 4.79 Å². The molecule has 1 saturated carbocycles. The van der Waals surface area contributed by atoms with E-state index in [1.807, 2.05) is 6.92 Å². The Labute approximate surface area is 136 Å². The summed E-state index contributed by atoms with van der Waals surface area (Å²) in [6, 6.07) is 0.547. The highest BCUT2D eigenvalue weighted by molar-refractivity contribution is 8.00. The van der Waals surface area contributed by atoms with E-state index in [9.17, 15) is 4.79 Å². The van der Waals surface area contributed by atoms with E-state index in [0.717, 1.165) is 18.1 Å². The van der Waals surface area contributed by atoms with Gasteiger partial charge < -0.3 is 9.88 Å². The molecule has 0 saturated heterocycles. The fourth-order valence-corrected chi connectivity index (χ4v) is 3.67. The maximum absolute atomic E-state index is 12.2. The van der Waals surface area contributed by atoms with Gasteiger partial charge in [0.2, 0.25) is 5.91 Å². The summed E-state index contributed by atoms with van der Waals surface area (Å²) < 4.78 is 2.10. The van der Waals surface area contributed by atoms with Crippen molar-refractivity contribution in [2.24, 2.45) is 0 Å². The summed E-state index contributed by atoms with van der Waals surface area (Å²) in [6.07, 6.45) is 12.5. The average molecular weight is 320 g/mol. The molecular formula is C16H24N4OS. The minimum absolute atomic E-state index is 0.0896. The Balaban J connectivity index is 1.43. The molecule has 1 amide bonds. The van der Waals surface area contributed by atoms with Gasteiger partial charge in [0.25, 0.3) is 0 Å². The molecule has 6 heteroatoms. The van der Waals surface area contributed by atoms with Crippen LogP contribution < -0.4 is 5.32 Å². The van der Waals surface area contributed by atoms with Gasteiger partial charge in [-0.15, -0.1) is 10.2 Å². The summed E-state index contributed by atoms with van der Waals surface area (Å²) in [7, 11) is 0. The van der Waals surface area contributed by atoms with E-state index < -0.39 is 0 Å². The molecule has 5 nitrogen and oxygen atoms in total. The Morgan fingerprint density at radius 3 is 3.09 bits per heavy atom. The molecule has 1 fully saturated rings. The molecule has 2 aliphatic carbocycles. The Bertz CT molecular complexity index is 550. The molecule has 1 aromatic heterocycles. The van der Waals surface area contributed by atoms with Crippen LogP contribution in [0.25, 0.3) is 0 Å². The lowest BCUT2D eigenvalue weighted by atomic mass is 9.97. The molecule has 1 aromatic rings. The number of nitrogens with one attached hydrogen (secondary N) is 1. The molecule has 0 aromatic carbocycles. The summed E-state index contributed by atoms with van der Waals surface area (Å²) in [5.74, 6) is 0.0896. The molecular weight excluding hydrogens is 296 g/mol. The van der Waals surface area contributed by atoms with Crippen LogP contribution in [0, 0.1) is 0 Å². The fourth-order valence-electron chi connectivity index (χ4n) is 2.75. The van der Waals surface area contributed by atoms with E-state index in [1.54, 1.807) is 6.33 Å². The lowest BCUT2D eigenvalue weighted by Crippen LogP contribution is -2.32. The molecule has 2 aliphatic rings. The maximum Gasteiger partial charge on any atom is 0.233 e. The number of rotatable bonds is 7. The smallest absolute Gasteiger partial charge is 0.233 e. The molecule has 1 heterocycles. The van der Waals surface area contributed by atoms with Gasteiger partial charge in [-0.05, 0) is 51.9 Å². The Kier molecular flexibility index (Phi) is 5.18. The van der Waals surface area contributed by atoms with Crippen LogP contribution in [0.3, 0.4) is 0 Å². The second-order valence-electron chi connectivity index (χ2n) is 6.16. The summed E-state index contributed by atoms with van der Waals surface area (Å²) in [6.45, 7) is 2.68. The number of aromatic nitrogens is 3. The van der Waals surface area contributed by atoms with Crippen LogP contribution in [-0.2, 0) is 4.79 Å². The highest BCUT2D eigenvalue weighted by Gasteiger charge is 2.27. The lowest BCUT2D eigenvalue weighted by Gasteiger charge is -2.15. The predicted octanol–water partition coefficient (Wildman–Crippen LogP) is 3.10. The maximum atomic E-state index is 12.2. The fraction of sp³-hybridized carbons (Fsp3) is 0.688. The number of carbonyl (C=O) groups excluding carboxylic acids is 1. The number of hydrogen-bond donors (Lipinski definition) is 1. The van der Waals surface area contributed by atoms with E-state index in [2.05, 4.69) is 26.2 Å². The standard InChI is InChI=1S/C16H24N4OS/c1-12(22-16-19-18-11-20(16)14-7-8-14)15(21)17-10-9-13-5-3-2-4-6-13/h5,11-12,14H,2-4,6-10H2,1H3,(H,17,21). The van der Waals surface area contributed by atoms with Gasteiger partial charge in [0.15, 0.2) is 5.16 Å². The number of carbonyl (C=O) groups is 1. The van der Waals surface area contributed by atoms with Gasteiger partial charge in [0.05, 0.1) is 5.25 Å². The zero-order valence-electron chi connectivity index (χ0n) is 13.1. The minimum Gasteiger partial charge on any atom is -0.355 e. The topological polar surface area (TPSA) is 59.8 Å². The van der Waals surface area contributed by atoms with Gasteiger partial charge in [-0.2, -0.15) is 0 Å². The normalized spacial score (nSPS) is 19.6. The quantitative estimate of drug-likeness (QED) is 0.619. The highest BCUT2D eigenvalue weighted by Crippen LogP contribution is 2.37. The van der Waals surface area contributed by atoms with Crippen molar-refractivity contribution in [3.05, 3.63) is 18.0 Å². The van der Waals surface area contributed by atoms with Crippen LogP contribution in [0.1, 0.15) is 57.9 Å². The van der Waals surface area contributed by atoms with E-state index in [1.165, 1.54) is 55.9 Å². The summed E-state index contributed by atoms with van der Waals surface area (Å²) in [5.41, 5.74) is 1.50. The van der Waals surface area contributed by atoms with Crippen molar-refractivity contribution in [1.82, 2.24) is 20.1 Å². The molecule has 1 unspecified atom stereocenters. The zero-order chi connectivity index (χ0) is 15.4. The largest absolute Gasteiger partial charge is 0.355 e. The molecule has 0 spiro atoms. The van der Waals surface area contributed by atoms with Gasteiger partial charge >= 0.3 is 0 Å². The molecule has 120 valence electrons. The second-order valence-corrected chi connectivity index (χ2v) is 7.47. The van der Waals surface area contributed by atoms with Crippen molar-refractivity contribution in [3.63, 3.8) is 0 Å². The number of allylic oxidation sites excluding steroid dienone is 1. The van der Waals surface area contributed by atoms with Gasteiger partial charge in [-0.1, -0.05) is 23.4 Å². The molecule has 1 N–H and O–H groups in total. The summed E-state index contributed by atoms with van der Waals surface area (Å²) >= 11 is 1.50. The SMILES string of the molecule is CC(Sc1nncn1C1CC1)C(=O)NCCC1=CCCCC1. The first-order valence-electron chi connectivity index (χ1n) is 8.26. The number of thioether (sulfide) groups is 1. The first kappa shape index (κ1) is 15.6. The summed E-state index contributed by atoms with van der Waals surface area (Å²) in [5, 5.41) is 11.9. The first-order chi connectivity index (χ1) is 10.7. The van der Waals surface area contributed by atoms with Gasteiger partial charge in [-0.25, -0.2) is 0 Å². The van der Waals surface area contributed by atoms with Gasteiger partial charge in [0, 0.05) is 12.6 Å². The van der Waals surface area contributed by atoms with Crippen LogP contribution in [0.2, 0.25) is 0 Å². The molecule has 1 atom stereocenters. The molecule has 3 rings (SSSR count). The van der Waals surface area contributed by atoms with Crippen LogP contribution in [0.15, 0.2) is 23.1 Å².